The molecule has 0 aliphatic rings. The summed E-state index contributed by atoms with van der Waals surface area (Å²) in [5.74, 6) is -2.04. The summed E-state index contributed by atoms with van der Waals surface area (Å²) >= 11 is 3.07. The molecule has 0 saturated carbocycles. The number of anilines is 1. The lowest BCUT2D eigenvalue weighted by molar-refractivity contribution is -0.384. The molecule has 0 saturated heterocycles. The van der Waals surface area contributed by atoms with E-state index in [2.05, 4.69) is 21.2 Å². The molecule has 0 radical (unpaired) electrons. The Hall–Kier alpha value is -2.22. The lowest BCUT2D eigenvalue weighted by Gasteiger charge is -2.03. The molecule has 1 amide bonds. The van der Waals surface area contributed by atoms with Gasteiger partial charge in [0.15, 0.2) is 0 Å². The van der Waals surface area contributed by atoms with E-state index in [-0.39, 0.29) is 11.4 Å². The van der Waals surface area contributed by atoms with Crippen LogP contribution in [0.15, 0.2) is 34.8 Å². The van der Waals surface area contributed by atoms with Crippen LogP contribution in [0.5, 0.6) is 0 Å². The van der Waals surface area contributed by atoms with E-state index in [0.29, 0.717) is 10.5 Å². The van der Waals surface area contributed by atoms with Gasteiger partial charge >= 0.3 is 5.97 Å². The number of nitrogens with one attached hydrogen (secondary N) is 1. The first-order valence-corrected chi connectivity index (χ1v) is 5.35. The van der Waals surface area contributed by atoms with Gasteiger partial charge in [-0.2, -0.15) is 0 Å². The van der Waals surface area contributed by atoms with Crippen LogP contribution >= 0.6 is 15.9 Å². The van der Waals surface area contributed by atoms with Gasteiger partial charge in [0.05, 0.1) is 4.92 Å². The summed E-state index contributed by atoms with van der Waals surface area (Å²) in [6, 6.07) is 4.09. The number of hydrogen-bond donors (Lipinski definition) is 2. The molecule has 0 atom stereocenters. The van der Waals surface area contributed by atoms with Crippen LogP contribution in [0.1, 0.15) is 0 Å². The van der Waals surface area contributed by atoms with Gasteiger partial charge in [0, 0.05) is 22.7 Å². The first-order chi connectivity index (χ1) is 8.40. The highest BCUT2D eigenvalue weighted by molar-refractivity contribution is 9.10. The third-order valence-electron chi connectivity index (χ3n) is 1.79. The van der Waals surface area contributed by atoms with Crippen molar-refractivity contribution in [1.29, 1.82) is 0 Å². The van der Waals surface area contributed by atoms with Gasteiger partial charge in [-0.1, -0.05) is 15.9 Å². The quantitative estimate of drug-likeness (QED) is 0.501. The van der Waals surface area contributed by atoms with Crippen molar-refractivity contribution in [3.8, 4) is 0 Å². The van der Waals surface area contributed by atoms with Gasteiger partial charge in [-0.05, 0) is 12.1 Å². The second-order valence-electron chi connectivity index (χ2n) is 3.08. The third-order valence-corrected chi connectivity index (χ3v) is 2.28. The van der Waals surface area contributed by atoms with Gasteiger partial charge in [0.1, 0.15) is 5.69 Å². The van der Waals surface area contributed by atoms with Crippen molar-refractivity contribution in [2.45, 2.75) is 0 Å². The molecule has 0 bridgehead atoms. The van der Waals surface area contributed by atoms with Crippen molar-refractivity contribution in [3.05, 3.63) is 44.9 Å². The minimum Gasteiger partial charge on any atom is -0.478 e. The number of carbonyl (C=O) groups is 2. The molecule has 0 unspecified atom stereocenters. The molecule has 8 heteroatoms. The largest absolute Gasteiger partial charge is 0.478 e. The van der Waals surface area contributed by atoms with Gasteiger partial charge in [0.2, 0.25) is 5.91 Å². The number of carboxylic acids is 1. The minimum absolute atomic E-state index is 0.0109. The Morgan fingerprint density at radius 3 is 2.61 bits per heavy atom. The second-order valence-corrected chi connectivity index (χ2v) is 4.00. The molecule has 1 aromatic carbocycles. The van der Waals surface area contributed by atoms with E-state index in [1.807, 2.05) is 0 Å². The zero-order valence-corrected chi connectivity index (χ0v) is 10.4. The summed E-state index contributed by atoms with van der Waals surface area (Å²) in [6.45, 7) is 0. The summed E-state index contributed by atoms with van der Waals surface area (Å²) in [7, 11) is 0. The molecule has 18 heavy (non-hydrogen) atoms. The Bertz CT molecular complexity index is 541. The number of carboxylic acid groups (broad SMARTS) is 1. The van der Waals surface area contributed by atoms with E-state index < -0.39 is 16.8 Å². The van der Waals surface area contributed by atoms with E-state index in [1.54, 1.807) is 0 Å². The van der Waals surface area contributed by atoms with Crippen LogP contribution in [-0.2, 0) is 9.59 Å². The number of benzene rings is 1. The summed E-state index contributed by atoms with van der Waals surface area (Å²) in [4.78, 5) is 31.6. The second kappa shape index (κ2) is 5.92. The topological polar surface area (TPSA) is 110 Å². The molecule has 0 spiro atoms. The smallest absolute Gasteiger partial charge is 0.328 e. The zero-order valence-electron chi connectivity index (χ0n) is 8.79. The fourth-order valence-corrected chi connectivity index (χ4v) is 1.43. The normalized spacial score (nSPS) is 10.3. The van der Waals surface area contributed by atoms with Crippen LogP contribution in [-0.4, -0.2) is 21.9 Å². The number of carbonyl (C=O) groups excluding carboxylic acids is 1. The summed E-state index contributed by atoms with van der Waals surface area (Å²) in [5.41, 5.74) is -0.301. The van der Waals surface area contributed by atoms with E-state index >= 15 is 0 Å². The van der Waals surface area contributed by atoms with Crippen molar-refractivity contribution in [1.82, 2.24) is 0 Å². The average Bonchev–Trinajstić information content (AvgIpc) is 2.28. The van der Waals surface area contributed by atoms with Gasteiger partial charge in [-0.25, -0.2) is 4.79 Å². The Morgan fingerprint density at radius 1 is 1.39 bits per heavy atom. The average molecular weight is 315 g/mol. The molecule has 0 heterocycles. The molecule has 0 aromatic heterocycles. The van der Waals surface area contributed by atoms with Gasteiger partial charge < -0.3 is 10.4 Å². The molecule has 0 aliphatic heterocycles. The zero-order chi connectivity index (χ0) is 13.7. The summed E-state index contributed by atoms with van der Waals surface area (Å²) < 4.78 is 0.494. The minimum atomic E-state index is -1.28. The Kier molecular flexibility index (Phi) is 4.55. The third kappa shape index (κ3) is 3.98. The predicted octanol–water partition coefficient (Wildman–Crippen LogP) is 1.94. The standard InChI is InChI=1S/C10H7BrN2O5/c11-6-1-2-7(8(5-6)13(17)18)12-9(14)3-4-10(15)16/h1-5H,(H,12,14)(H,15,16)/b4-3-. The summed E-state index contributed by atoms with van der Waals surface area (Å²) in [6.07, 6.45) is 1.41. The van der Waals surface area contributed by atoms with E-state index in [0.717, 1.165) is 6.08 Å². The fourth-order valence-electron chi connectivity index (χ4n) is 1.08. The number of halogens is 1. The fraction of sp³-hybridized carbons (Fsp3) is 0. The molecule has 0 aliphatic carbocycles. The molecule has 1 aromatic rings. The van der Waals surface area contributed by atoms with Crippen LogP contribution < -0.4 is 5.32 Å². The maximum absolute atomic E-state index is 11.3. The number of nitro groups is 1. The molecule has 7 nitrogen and oxygen atoms in total. The SMILES string of the molecule is O=C(O)/C=C\C(=O)Nc1ccc(Br)cc1[N+](=O)[O-]. The highest BCUT2D eigenvalue weighted by atomic mass is 79.9. The van der Waals surface area contributed by atoms with Gasteiger partial charge in [-0.3, -0.25) is 14.9 Å². The van der Waals surface area contributed by atoms with Crippen LogP contribution in [0.4, 0.5) is 11.4 Å². The predicted molar refractivity (Wildman–Crippen MR) is 66.2 cm³/mol. The highest BCUT2D eigenvalue weighted by Gasteiger charge is 2.15. The molecule has 2 N–H and O–H groups in total. The van der Waals surface area contributed by atoms with Crippen molar-refractivity contribution in [2.24, 2.45) is 0 Å². The van der Waals surface area contributed by atoms with Crippen LogP contribution in [0, 0.1) is 10.1 Å². The Labute approximate surface area is 109 Å². The van der Waals surface area contributed by atoms with Crippen LogP contribution in [0.2, 0.25) is 0 Å². The van der Waals surface area contributed by atoms with Crippen LogP contribution in [0.3, 0.4) is 0 Å². The monoisotopic (exact) mass is 314 g/mol. The molecular weight excluding hydrogens is 308 g/mol. The number of aliphatic carboxylic acids is 1. The van der Waals surface area contributed by atoms with Crippen LogP contribution in [0.25, 0.3) is 0 Å². The maximum Gasteiger partial charge on any atom is 0.328 e. The van der Waals surface area contributed by atoms with E-state index in [1.165, 1.54) is 18.2 Å². The highest BCUT2D eigenvalue weighted by Crippen LogP contribution is 2.27. The van der Waals surface area contributed by atoms with Crippen molar-refractivity contribution < 1.29 is 19.6 Å². The molecule has 0 fully saturated rings. The molecular formula is C10H7BrN2O5. The Balaban J connectivity index is 2.94. The van der Waals surface area contributed by atoms with Crippen molar-refractivity contribution >= 4 is 39.2 Å². The number of amides is 1. The maximum atomic E-state index is 11.3. The van der Waals surface area contributed by atoms with Gasteiger partial charge in [0.25, 0.3) is 5.69 Å². The summed E-state index contributed by atoms with van der Waals surface area (Å²) in [5, 5.41) is 21.3. The lowest BCUT2D eigenvalue weighted by Crippen LogP contribution is -2.10. The molecule has 1 rings (SSSR count). The number of hydrogen-bond acceptors (Lipinski definition) is 4. The van der Waals surface area contributed by atoms with Crippen molar-refractivity contribution in [2.75, 3.05) is 5.32 Å². The Morgan fingerprint density at radius 2 is 2.06 bits per heavy atom. The van der Waals surface area contributed by atoms with Crippen molar-refractivity contribution in [3.63, 3.8) is 0 Å². The molecule has 94 valence electrons. The lowest BCUT2D eigenvalue weighted by atomic mass is 10.2. The first-order valence-electron chi connectivity index (χ1n) is 4.56. The number of nitro benzene ring substituents is 1. The first kappa shape index (κ1) is 13.8. The van der Waals surface area contributed by atoms with Gasteiger partial charge in [-0.15, -0.1) is 0 Å². The number of nitrogens with zero attached hydrogens (tertiary/aromatic N) is 1. The van der Waals surface area contributed by atoms with E-state index in [9.17, 15) is 19.7 Å². The van der Waals surface area contributed by atoms with E-state index in [4.69, 9.17) is 5.11 Å². The number of rotatable bonds is 4.